The highest BCUT2D eigenvalue weighted by Gasteiger charge is 2.16. The van der Waals surface area contributed by atoms with E-state index >= 15 is 0 Å². The molecule has 0 radical (unpaired) electrons. The number of anilines is 1. The molecular weight excluding hydrogens is 284 g/mol. The molecule has 106 valence electrons. The Morgan fingerprint density at radius 3 is 2.90 bits per heavy atom. The summed E-state index contributed by atoms with van der Waals surface area (Å²) in [5.74, 6) is -0.249. The Kier molecular flexibility index (Phi) is 3.58. The van der Waals surface area contributed by atoms with Crippen molar-refractivity contribution in [3.63, 3.8) is 0 Å². The minimum atomic E-state index is -0.195. The van der Waals surface area contributed by atoms with E-state index < -0.39 is 0 Å². The maximum atomic E-state index is 12.2. The highest BCUT2D eigenvalue weighted by atomic mass is 32.1. The van der Waals surface area contributed by atoms with Gasteiger partial charge >= 0.3 is 0 Å². The summed E-state index contributed by atoms with van der Waals surface area (Å²) < 4.78 is 0. The monoisotopic (exact) mass is 298 g/mol. The van der Waals surface area contributed by atoms with Crippen molar-refractivity contribution in [3.05, 3.63) is 63.2 Å². The van der Waals surface area contributed by atoms with Crippen LogP contribution in [-0.2, 0) is 4.79 Å². The number of fused-ring (bicyclic) bond motifs is 1. The molecule has 0 aliphatic heterocycles. The second-order valence-electron chi connectivity index (χ2n) is 4.84. The molecule has 2 heterocycles. The Morgan fingerprint density at radius 1 is 1.29 bits per heavy atom. The van der Waals surface area contributed by atoms with Crippen molar-refractivity contribution >= 4 is 33.7 Å². The van der Waals surface area contributed by atoms with Crippen molar-refractivity contribution in [2.45, 2.75) is 12.8 Å². The van der Waals surface area contributed by atoms with E-state index in [2.05, 4.69) is 10.3 Å². The predicted octanol–water partition coefficient (Wildman–Crippen LogP) is 3.33. The third-order valence-corrected chi connectivity index (χ3v) is 4.46. The first kappa shape index (κ1) is 13.6. The van der Waals surface area contributed by atoms with Crippen molar-refractivity contribution in [2.24, 2.45) is 0 Å². The Bertz CT molecular complexity index is 837. The lowest BCUT2D eigenvalue weighted by molar-refractivity contribution is -0.117. The molecule has 21 heavy (non-hydrogen) atoms. The zero-order valence-corrected chi connectivity index (χ0v) is 12.2. The van der Waals surface area contributed by atoms with E-state index in [1.165, 1.54) is 0 Å². The molecule has 5 heteroatoms. The van der Waals surface area contributed by atoms with Crippen LogP contribution in [0.3, 0.4) is 0 Å². The molecule has 1 amide bonds. The van der Waals surface area contributed by atoms with Crippen molar-refractivity contribution < 1.29 is 4.79 Å². The van der Waals surface area contributed by atoms with Crippen LogP contribution in [0, 0.1) is 0 Å². The van der Waals surface area contributed by atoms with Gasteiger partial charge in [0, 0.05) is 22.1 Å². The number of aromatic amines is 1. The van der Waals surface area contributed by atoms with Crippen molar-refractivity contribution in [1.82, 2.24) is 4.98 Å². The minimum absolute atomic E-state index is 0.0540. The lowest BCUT2D eigenvalue weighted by Gasteiger charge is -2.11. The van der Waals surface area contributed by atoms with E-state index in [4.69, 9.17) is 0 Å². The van der Waals surface area contributed by atoms with E-state index in [0.29, 0.717) is 11.1 Å². The molecule has 0 spiro atoms. The Morgan fingerprint density at radius 2 is 2.14 bits per heavy atom. The van der Waals surface area contributed by atoms with Gasteiger partial charge in [-0.3, -0.25) is 9.59 Å². The second-order valence-corrected chi connectivity index (χ2v) is 5.81. The third-order valence-electron chi connectivity index (χ3n) is 3.40. The molecule has 1 atom stereocenters. The molecule has 0 saturated heterocycles. The average molecular weight is 298 g/mol. The van der Waals surface area contributed by atoms with Gasteiger partial charge in [-0.2, -0.15) is 0 Å². The summed E-state index contributed by atoms with van der Waals surface area (Å²) in [6, 6.07) is 11.0. The van der Waals surface area contributed by atoms with Gasteiger partial charge < -0.3 is 10.3 Å². The van der Waals surface area contributed by atoms with Crippen molar-refractivity contribution in [2.75, 3.05) is 5.32 Å². The maximum absolute atomic E-state index is 12.2. The van der Waals surface area contributed by atoms with Crippen LogP contribution in [0.2, 0.25) is 0 Å². The number of pyridine rings is 1. The topological polar surface area (TPSA) is 62.0 Å². The van der Waals surface area contributed by atoms with E-state index in [9.17, 15) is 9.59 Å². The van der Waals surface area contributed by atoms with Crippen LogP contribution >= 0.6 is 11.3 Å². The predicted molar refractivity (Wildman–Crippen MR) is 85.9 cm³/mol. The van der Waals surface area contributed by atoms with Crippen molar-refractivity contribution in [3.8, 4) is 0 Å². The smallest absolute Gasteiger partial charge is 0.255 e. The van der Waals surface area contributed by atoms with Gasteiger partial charge in [-0.05, 0) is 48.0 Å². The number of benzene rings is 1. The summed E-state index contributed by atoms with van der Waals surface area (Å²) in [6.07, 6.45) is 1.60. The number of carbonyl (C=O) groups excluding carboxylic acids is 1. The van der Waals surface area contributed by atoms with Gasteiger partial charge in [0.1, 0.15) is 0 Å². The summed E-state index contributed by atoms with van der Waals surface area (Å²) in [7, 11) is 0. The van der Waals surface area contributed by atoms with Gasteiger partial charge in [0.25, 0.3) is 5.56 Å². The fraction of sp³-hybridized carbons (Fsp3) is 0.125. The quantitative estimate of drug-likeness (QED) is 0.779. The standard InChI is InChI=1S/C16H14N2O2S/c1-10(14-3-2-8-21-14)15(19)18-12-4-5-13-11(9-12)6-7-17-16(13)20/h2-10H,1H3,(H,17,20)(H,18,19). The van der Waals surface area contributed by atoms with E-state index in [0.717, 1.165) is 10.3 Å². The summed E-state index contributed by atoms with van der Waals surface area (Å²) in [5, 5.41) is 6.28. The van der Waals surface area contributed by atoms with Crippen LogP contribution in [0.25, 0.3) is 10.8 Å². The fourth-order valence-electron chi connectivity index (χ4n) is 2.19. The molecule has 3 aromatic rings. The van der Waals surface area contributed by atoms with Crippen LogP contribution < -0.4 is 10.9 Å². The zero-order chi connectivity index (χ0) is 14.8. The maximum Gasteiger partial charge on any atom is 0.255 e. The number of H-pyrrole nitrogens is 1. The summed E-state index contributed by atoms with van der Waals surface area (Å²) in [5.41, 5.74) is 0.568. The lowest BCUT2D eigenvalue weighted by Crippen LogP contribution is -2.18. The van der Waals surface area contributed by atoms with Crippen LogP contribution in [0.4, 0.5) is 5.69 Å². The molecular formula is C16H14N2O2S. The van der Waals surface area contributed by atoms with Gasteiger partial charge in [0.2, 0.25) is 5.91 Å². The molecule has 0 aliphatic carbocycles. The zero-order valence-electron chi connectivity index (χ0n) is 11.4. The SMILES string of the molecule is CC(C(=O)Nc1ccc2c(=O)[nH]ccc2c1)c1cccs1. The van der Waals surface area contributed by atoms with Crippen LogP contribution in [0.15, 0.2) is 52.8 Å². The van der Waals surface area contributed by atoms with Crippen molar-refractivity contribution in [1.29, 1.82) is 0 Å². The Hall–Kier alpha value is -2.40. The molecule has 1 unspecified atom stereocenters. The fourth-order valence-corrected chi connectivity index (χ4v) is 2.97. The number of hydrogen-bond acceptors (Lipinski definition) is 3. The number of aromatic nitrogens is 1. The van der Waals surface area contributed by atoms with Gasteiger partial charge in [0.15, 0.2) is 0 Å². The number of amides is 1. The van der Waals surface area contributed by atoms with Gasteiger partial charge in [-0.25, -0.2) is 0 Å². The summed E-state index contributed by atoms with van der Waals surface area (Å²) in [4.78, 5) is 27.5. The van der Waals surface area contributed by atoms with Crippen LogP contribution in [0.1, 0.15) is 17.7 Å². The first-order valence-electron chi connectivity index (χ1n) is 6.61. The molecule has 2 aromatic heterocycles. The minimum Gasteiger partial charge on any atom is -0.329 e. The van der Waals surface area contributed by atoms with Gasteiger partial charge in [-0.15, -0.1) is 11.3 Å². The molecule has 3 rings (SSSR count). The Balaban J connectivity index is 1.85. The lowest BCUT2D eigenvalue weighted by atomic mass is 10.1. The molecule has 1 aromatic carbocycles. The first-order valence-corrected chi connectivity index (χ1v) is 7.49. The van der Waals surface area contributed by atoms with Gasteiger partial charge in [0.05, 0.1) is 5.92 Å². The first-order chi connectivity index (χ1) is 10.1. The van der Waals surface area contributed by atoms with Crippen LogP contribution in [0.5, 0.6) is 0 Å². The number of thiophene rings is 1. The third kappa shape index (κ3) is 2.73. The molecule has 0 bridgehead atoms. The second kappa shape index (κ2) is 5.54. The average Bonchev–Trinajstić information content (AvgIpc) is 3.00. The summed E-state index contributed by atoms with van der Waals surface area (Å²) >= 11 is 1.57. The largest absolute Gasteiger partial charge is 0.329 e. The molecule has 0 fully saturated rings. The summed E-state index contributed by atoms with van der Waals surface area (Å²) in [6.45, 7) is 1.88. The highest BCUT2D eigenvalue weighted by molar-refractivity contribution is 7.10. The molecule has 4 nitrogen and oxygen atoms in total. The molecule has 0 saturated carbocycles. The number of carbonyl (C=O) groups is 1. The number of hydrogen-bond donors (Lipinski definition) is 2. The van der Waals surface area contributed by atoms with Crippen LogP contribution in [-0.4, -0.2) is 10.9 Å². The number of nitrogens with one attached hydrogen (secondary N) is 2. The highest BCUT2D eigenvalue weighted by Crippen LogP contribution is 2.23. The molecule has 0 aliphatic rings. The Labute approximate surface area is 125 Å². The van der Waals surface area contributed by atoms with E-state index in [1.807, 2.05) is 36.6 Å². The normalized spacial score (nSPS) is 12.2. The van der Waals surface area contributed by atoms with Gasteiger partial charge in [-0.1, -0.05) is 6.07 Å². The molecule has 2 N–H and O–H groups in total. The number of rotatable bonds is 3. The van der Waals surface area contributed by atoms with E-state index in [1.54, 1.807) is 29.7 Å². The van der Waals surface area contributed by atoms with E-state index in [-0.39, 0.29) is 17.4 Å².